The van der Waals surface area contributed by atoms with E-state index in [0.29, 0.717) is 6.54 Å². The number of thioether (sulfide) groups is 1. The Morgan fingerprint density at radius 3 is 2.65 bits per heavy atom. The van der Waals surface area contributed by atoms with Gasteiger partial charge in [-0.25, -0.2) is 4.39 Å². The van der Waals surface area contributed by atoms with Gasteiger partial charge in [-0.2, -0.15) is 0 Å². The van der Waals surface area contributed by atoms with Gasteiger partial charge in [0.1, 0.15) is 5.82 Å². The molecular weight excluding hydrogens is 417 g/mol. The van der Waals surface area contributed by atoms with Gasteiger partial charge in [0.15, 0.2) is 0 Å². The summed E-state index contributed by atoms with van der Waals surface area (Å²) in [5.74, 6) is -1.10. The standard InChI is InChI=1S/C23H20FN3O3S/c24-18-7-3-1-6-17(18)15-20-22(29)27(23(30)31-20)14-11-25-21(28)10-13-26-12-9-16-5-2-4-8-19(16)26/h1-9,12,15H,10-11,13-14H2,(H,25,28)/b20-15-. The molecule has 6 nitrogen and oxygen atoms in total. The molecule has 0 saturated carbocycles. The number of carbonyl (C=O) groups excluding carboxylic acids is 3. The fraction of sp³-hybridized carbons (Fsp3) is 0.174. The van der Waals surface area contributed by atoms with Crippen LogP contribution in [0.3, 0.4) is 0 Å². The number of hydrogen-bond donors (Lipinski definition) is 1. The first-order chi connectivity index (χ1) is 15.0. The second kappa shape index (κ2) is 9.18. The molecular formula is C23H20FN3O3S. The van der Waals surface area contributed by atoms with Gasteiger partial charge in [-0.05, 0) is 41.4 Å². The van der Waals surface area contributed by atoms with E-state index in [1.165, 1.54) is 18.2 Å². The third-order valence-corrected chi connectivity index (χ3v) is 5.89. The van der Waals surface area contributed by atoms with Crippen LogP contribution in [0.15, 0.2) is 65.7 Å². The van der Waals surface area contributed by atoms with E-state index < -0.39 is 17.0 Å². The third-order valence-electron chi connectivity index (χ3n) is 4.98. The first kappa shape index (κ1) is 20.9. The molecule has 0 bridgehead atoms. The van der Waals surface area contributed by atoms with Crippen LogP contribution in [0.1, 0.15) is 12.0 Å². The second-order valence-corrected chi connectivity index (χ2v) is 8.02. The number of imide groups is 1. The molecule has 4 rings (SSSR count). The van der Waals surface area contributed by atoms with Crippen molar-refractivity contribution in [3.05, 3.63) is 77.1 Å². The van der Waals surface area contributed by atoms with Crippen LogP contribution < -0.4 is 5.32 Å². The van der Waals surface area contributed by atoms with E-state index in [0.717, 1.165) is 27.6 Å². The highest BCUT2D eigenvalue weighted by atomic mass is 32.2. The summed E-state index contributed by atoms with van der Waals surface area (Å²) in [6.07, 6.45) is 3.61. The van der Waals surface area contributed by atoms with Crippen molar-refractivity contribution in [3.63, 3.8) is 0 Å². The number of carbonyl (C=O) groups is 3. The van der Waals surface area contributed by atoms with Gasteiger partial charge in [0, 0.05) is 43.3 Å². The number of aromatic nitrogens is 1. The van der Waals surface area contributed by atoms with Crippen molar-refractivity contribution >= 4 is 45.8 Å². The SMILES string of the molecule is O=C(CCn1ccc2ccccc21)NCCN1C(=O)S/C(=C\c2ccccc2F)C1=O. The Morgan fingerprint density at radius 1 is 1.03 bits per heavy atom. The van der Waals surface area contributed by atoms with E-state index in [4.69, 9.17) is 0 Å². The van der Waals surface area contributed by atoms with E-state index in [-0.39, 0.29) is 35.9 Å². The first-order valence-corrected chi connectivity index (χ1v) is 10.6. The number of para-hydroxylation sites is 1. The summed E-state index contributed by atoms with van der Waals surface area (Å²) in [4.78, 5) is 38.1. The summed E-state index contributed by atoms with van der Waals surface area (Å²) in [5, 5.41) is 3.43. The van der Waals surface area contributed by atoms with Crippen molar-refractivity contribution in [1.82, 2.24) is 14.8 Å². The van der Waals surface area contributed by atoms with Gasteiger partial charge in [0.2, 0.25) is 5.91 Å². The van der Waals surface area contributed by atoms with Gasteiger partial charge in [-0.3, -0.25) is 19.3 Å². The number of benzene rings is 2. The van der Waals surface area contributed by atoms with Gasteiger partial charge < -0.3 is 9.88 Å². The molecule has 0 radical (unpaired) electrons. The fourth-order valence-corrected chi connectivity index (χ4v) is 4.24. The highest BCUT2D eigenvalue weighted by Gasteiger charge is 2.34. The summed E-state index contributed by atoms with van der Waals surface area (Å²) >= 11 is 0.770. The topological polar surface area (TPSA) is 71.4 Å². The average Bonchev–Trinajstić information content (AvgIpc) is 3.29. The van der Waals surface area contributed by atoms with E-state index in [1.807, 2.05) is 41.1 Å². The lowest BCUT2D eigenvalue weighted by Gasteiger charge is -2.13. The Labute approximate surface area is 182 Å². The van der Waals surface area contributed by atoms with Crippen LogP contribution in [0.5, 0.6) is 0 Å². The van der Waals surface area contributed by atoms with Crippen molar-refractivity contribution in [3.8, 4) is 0 Å². The minimum Gasteiger partial charge on any atom is -0.354 e. The van der Waals surface area contributed by atoms with Crippen LogP contribution in [0, 0.1) is 5.82 Å². The molecule has 1 N–H and O–H groups in total. The van der Waals surface area contributed by atoms with Crippen LogP contribution in [0.2, 0.25) is 0 Å². The molecule has 0 atom stereocenters. The minimum atomic E-state index is -0.480. The maximum Gasteiger partial charge on any atom is 0.293 e. The second-order valence-electron chi connectivity index (χ2n) is 7.02. The van der Waals surface area contributed by atoms with Crippen molar-refractivity contribution in [1.29, 1.82) is 0 Å². The molecule has 2 aromatic carbocycles. The summed E-state index contributed by atoms with van der Waals surface area (Å²) in [6, 6.07) is 16.0. The Balaban J connectivity index is 1.28. The van der Waals surface area contributed by atoms with Crippen LogP contribution in [0.25, 0.3) is 17.0 Å². The van der Waals surface area contributed by atoms with Crippen LogP contribution in [-0.2, 0) is 16.1 Å². The predicted octanol–water partition coefficient (Wildman–Crippen LogP) is 4.02. The smallest absolute Gasteiger partial charge is 0.293 e. The lowest BCUT2D eigenvalue weighted by Crippen LogP contribution is -2.37. The zero-order valence-electron chi connectivity index (χ0n) is 16.6. The molecule has 8 heteroatoms. The summed E-state index contributed by atoms with van der Waals surface area (Å²) in [6.45, 7) is 0.764. The number of amides is 3. The van der Waals surface area contributed by atoms with Crippen molar-refractivity contribution < 1.29 is 18.8 Å². The monoisotopic (exact) mass is 437 g/mol. The van der Waals surface area contributed by atoms with E-state index in [1.54, 1.807) is 12.1 Å². The molecule has 158 valence electrons. The molecule has 1 aliphatic rings. The van der Waals surface area contributed by atoms with Gasteiger partial charge in [-0.15, -0.1) is 0 Å². The van der Waals surface area contributed by atoms with Gasteiger partial charge in [0.05, 0.1) is 4.91 Å². The number of fused-ring (bicyclic) bond motifs is 1. The van der Waals surface area contributed by atoms with E-state index in [9.17, 15) is 18.8 Å². The maximum atomic E-state index is 13.8. The molecule has 1 fully saturated rings. The number of aryl methyl sites for hydroxylation is 1. The van der Waals surface area contributed by atoms with E-state index in [2.05, 4.69) is 5.32 Å². The van der Waals surface area contributed by atoms with Gasteiger partial charge in [0.25, 0.3) is 11.1 Å². The Morgan fingerprint density at radius 2 is 1.81 bits per heavy atom. The Kier molecular flexibility index (Phi) is 6.18. The lowest BCUT2D eigenvalue weighted by atomic mass is 10.2. The zero-order chi connectivity index (χ0) is 21.8. The number of nitrogens with zero attached hydrogens (tertiary/aromatic N) is 2. The first-order valence-electron chi connectivity index (χ1n) is 9.83. The normalized spacial score (nSPS) is 15.3. The molecule has 0 unspecified atom stereocenters. The van der Waals surface area contributed by atoms with Crippen molar-refractivity contribution in [2.24, 2.45) is 0 Å². The van der Waals surface area contributed by atoms with Crippen molar-refractivity contribution in [2.45, 2.75) is 13.0 Å². The summed E-state index contributed by atoms with van der Waals surface area (Å²) in [5.41, 5.74) is 1.31. The lowest BCUT2D eigenvalue weighted by molar-refractivity contribution is -0.124. The van der Waals surface area contributed by atoms with Gasteiger partial charge >= 0.3 is 0 Å². The maximum absolute atomic E-state index is 13.8. The molecule has 31 heavy (non-hydrogen) atoms. The average molecular weight is 437 g/mol. The zero-order valence-corrected chi connectivity index (χ0v) is 17.4. The molecule has 3 amide bonds. The number of halogens is 1. The van der Waals surface area contributed by atoms with Gasteiger partial charge in [-0.1, -0.05) is 36.4 Å². The molecule has 0 spiro atoms. The Bertz CT molecular complexity index is 1190. The fourth-order valence-electron chi connectivity index (χ4n) is 3.38. The third kappa shape index (κ3) is 4.69. The Hall–Kier alpha value is -3.39. The number of hydrogen-bond acceptors (Lipinski definition) is 4. The largest absolute Gasteiger partial charge is 0.354 e. The molecule has 1 saturated heterocycles. The van der Waals surface area contributed by atoms with Crippen LogP contribution >= 0.6 is 11.8 Å². The quantitative estimate of drug-likeness (QED) is 0.567. The van der Waals surface area contributed by atoms with Crippen LogP contribution in [-0.4, -0.2) is 39.6 Å². The highest BCUT2D eigenvalue weighted by molar-refractivity contribution is 8.18. The molecule has 1 aromatic heterocycles. The molecule has 0 aliphatic carbocycles. The molecule has 3 aromatic rings. The number of rotatable bonds is 7. The minimum absolute atomic E-state index is 0.0669. The van der Waals surface area contributed by atoms with E-state index >= 15 is 0 Å². The summed E-state index contributed by atoms with van der Waals surface area (Å²) < 4.78 is 15.8. The summed E-state index contributed by atoms with van der Waals surface area (Å²) in [7, 11) is 0. The predicted molar refractivity (Wildman–Crippen MR) is 119 cm³/mol. The number of nitrogens with one attached hydrogen (secondary N) is 1. The highest BCUT2D eigenvalue weighted by Crippen LogP contribution is 2.32. The van der Waals surface area contributed by atoms with Crippen molar-refractivity contribution in [2.75, 3.05) is 13.1 Å². The molecule has 2 heterocycles. The van der Waals surface area contributed by atoms with Crippen LogP contribution in [0.4, 0.5) is 9.18 Å². The molecule has 1 aliphatic heterocycles.